The van der Waals surface area contributed by atoms with Crippen molar-refractivity contribution in [2.24, 2.45) is 0 Å². The first-order valence-corrected chi connectivity index (χ1v) is 6.30. The Morgan fingerprint density at radius 1 is 1.23 bits per heavy atom. The highest BCUT2D eigenvalue weighted by atomic mass is 35.5. The van der Waals surface area contributed by atoms with Crippen molar-refractivity contribution in [1.82, 2.24) is 9.97 Å². The molecule has 0 saturated carbocycles. The monoisotopic (exact) mass is 353 g/mol. The molecule has 0 fully saturated rings. The van der Waals surface area contributed by atoms with E-state index in [2.05, 4.69) is 15.3 Å². The molecule has 2 aromatic rings. The molecule has 0 unspecified atom stereocenters. The molecule has 0 aliphatic heterocycles. The lowest BCUT2D eigenvalue weighted by atomic mass is 10.2. The normalized spacial score (nSPS) is 11.4. The molecule has 22 heavy (non-hydrogen) atoms. The van der Waals surface area contributed by atoms with Gasteiger partial charge in [-0.1, -0.05) is 11.6 Å². The molecule has 1 aromatic heterocycles. The largest absolute Gasteiger partial charge is 0.434 e. The molecule has 1 aromatic carbocycles. The minimum atomic E-state index is -4.89. The van der Waals surface area contributed by atoms with Gasteiger partial charge in [-0.25, -0.2) is 14.4 Å². The molecular weight excluding hydrogens is 349 g/mol. The van der Waals surface area contributed by atoms with Gasteiger partial charge in [0.1, 0.15) is 5.82 Å². The number of rotatable bonds is 2. The minimum Gasteiger partial charge on any atom is -0.322 e. The highest BCUT2D eigenvalue weighted by Gasteiger charge is 2.38. The van der Waals surface area contributed by atoms with Crippen molar-refractivity contribution < 1.29 is 22.4 Å². The maximum absolute atomic E-state index is 13.0. The molecule has 1 N–H and O–H groups in total. The summed E-state index contributed by atoms with van der Waals surface area (Å²) in [6.07, 6.45) is -4.24. The number of carbonyl (C=O) groups is 1. The average Bonchev–Trinajstić information content (AvgIpc) is 2.41. The zero-order valence-electron chi connectivity index (χ0n) is 10.4. The van der Waals surface area contributed by atoms with Crippen LogP contribution < -0.4 is 5.32 Å². The Bertz CT molecular complexity index is 737. The van der Waals surface area contributed by atoms with Crippen LogP contribution in [-0.4, -0.2) is 15.9 Å². The van der Waals surface area contributed by atoms with Gasteiger partial charge in [-0.2, -0.15) is 13.2 Å². The molecule has 4 nitrogen and oxygen atoms in total. The van der Waals surface area contributed by atoms with Crippen LogP contribution in [0.5, 0.6) is 0 Å². The van der Waals surface area contributed by atoms with E-state index >= 15 is 0 Å². The smallest absolute Gasteiger partial charge is 0.322 e. The van der Waals surface area contributed by atoms with Gasteiger partial charge in [-0.3, -0.25) is 4.79 Å². The molecule has 0 atom stereocenters. The Labute approximate surface area is 131 Å². The molecule has 2 rings (SSSR count). The van der Waals surface area contributed by atoms with E-state index in [1.807, 2.05) is 0 Å². The first-order chi connectivity index (χ1) is 10.2. The second-order valence-electron chi connectivity index (χ2n) is 3.98. The molecule has 1 amide bonds. The third-order valence-corrected chi connectivity index (χ3v) is 2.92. The number of nitrogens with one attached hydrogen (secondary N) is 1. The van der Waals surface area contributed by atoms with E-state index in [0.717, 1.165) is 18.2 Å². The first-order valence-electron chi connectivity index (χ1n) is 5.54. The fourth-order valence-corrected chi connectivity index (χ4v) is 1.83. The predicted molar refractivity (Wildman–Crippen MR) is 71.4 cm³/mol. The quantitative estimate of drug-likeness (QED) is 0.650. The van der Waals surface area contributed by atoms with E-state index in [1.165, 1.54) is 0 Å². The third-order valence-electron chi connectivity index (χ3n) is 2.45. The number of carbonyl (C=O) groups excluding carboxylic acids is 1. The van der Waals surface area contributed by atoms with Gasteiger partial charge < -0.3 is 5.32 Å². The lowest BCUT2D eigenvalue weighted by molar-refractivity contribution is -0.141. The van der Waals surface area contributed by atoms with Crippen LogP contribution in [0.1, 0.15) is 16.1 Å². The van der Waals surface area contributed by atoms with Gasteiger partial charge in [0.05, 0.1) is 10.6 Å². The van der Waals surface area contributed by atoms with E-state index in [-0.39, 0.29) is 10.7 Å². The van der Waals surface area contributed by atoms with Crippen molar-refractivity contribution >= 4 is 34.8 Å². The van der Waals surface area contributed by atoms with Crippen LogP contribution >= 0.6 is 23.2 Å². The first kappa shape index (κ1) is 16.4. The summed E-state index contributed by atoms with van der Waals surface area (Å²) in [7, 11) is 0. The summed E-state index contributed by atoms with van der Waals surface area (Å²) >= 11 is 10.8. The van der Waals surface area contributed by atoms with Gasteiger partial charge in [-0.15, -0.1) is 0 Å². The number of amides is 1. The zero-order chi connectivity index (χ0) is 16.5. The maximum Gasteiger partial charge on any atom is 0.434 e. The summed E-state index contributed by atoms with van der Waals surface area (Å²) in [6.45, 7) is 0. The molecule has 0 spiro atoms. The van der Waals surface area contributed by atoms with Crippen LogP contribution in [0, 0.1) is 5.82 Å². The Morgan fingerprint density at radius 3 is 2.50 bits per heavy atom. The summed E-state index contributed by atoms with van der Waals surface area (Å²) in [4.78, 5) is 18.3. The zero-order valence-corrected chi connectivity index (χ0v) is 11.9. The van der Waals surface area contributed by atoms with Gasteiger partial charge in [0, 0.05) is 11.9 Å². The molecule has 1 heterocycles. The highest BCUT2D eigenvalue weighted by Crippen LogP contribution is 2.31. The molecule has 116 valence electrons. The molecule has 0 aliphatic rings. The predicted octanol–water partition coefficient (Wildman–Crippen LogP) is 4.19. The number of hydrogen-bond donors (Lipinski definition) is 1. The van der Waals surface area contributed by atoms with Crippen LogP contribution in [0.2, 0.25) is 10.3 Å². The van der Waals surface area contributed by atoms with E-state index in [4.69, 9.17) is 23.2 Å². The molecule has 0 radical (unpaired) electrons. The van der Waals surface area contributed by atoms with Crippen LogP contribution in [-0.2, 0) is 6.18 Å². The SMILES string of the molecule is O=C(Nc1ccc(F)c(Cl)c1)c1cnc(Cl)nc1C(F)(F)F. The van der Waals surface area contributed by atoms with Crippen molar-refractivity contribution in [3.8, 4) is 0 Å². The number of alkyl halides is 3. The van der Waals surface area contributed by atoms with Gasteiger partial charge in [0.15, 0.2) is 5.69 Å². The van der Waals surface area contributed by atoms with Crippen LogP contribution in [0.15, 0.2) is 24.4 Å². The van der Waals surface area contributed by atoms with E-state index in [1.54, 1.807) is 0 Å². The van der Waals surface area contributed by atoms with Gasteiger partial charge in [0.25, 0.3) is 5.91 Å². The second kappa shape index (κ2) is 6.05. The summed E-state index contributed by atoms with van der Waals surface area (Å²) in [6, 6.07) is 3.16. The number of anilines is 1. The topological polar surface area (TPSA) is 54.9 Å². The molecule has 0 saturated heterocycles. The van der Waals surface area contributed by atoms with Gasteiger partial charge in [-0.05, 0) is 29.8 Å². The Hall–Kier alpha value is -1.93. The number of hydrogen-bond acceptors (Lipinski definition) is 3. The molecule has 10 heteroatoms. The van der Waals surface area contributed by atoms with Crippen LogP contribution in [0.3, 0.4) is 0 Å². The Balaban J connectivity index is 2.35. The van der Waals surface area contributed by atoms with Crippen molar-refractivity contribution in [1.29, 1.82) is 0 Å². The molecular formula is C12H5Cl2F4N3O. The minimum absolute atomic E-state index is 0.0134. The maximum atomic E-state index is 13.0. The summed E-state index contributed by atoms with van der Waals surface area (Å²) in [5.41, 5.74) is -2.28. The summed E-state index contributed by atoms with van der Waals surface area (Å²) in [5.74, 6) is -1.86. The number of halogens is 6. The third kappa shape index (κ3) is 3.63. The fraction of sp³-hybridized carbons (Fsp3) is 0.0833. The Kier molecular flexibility index (Phi) is 4.52. The molecule has 0 aliphatic carbocycles. The van der Waals surface area contributed by atoms with Gasteiger partial charge in [0.2, 0.25) is 5.28 Å². The lowest BCUT2D eigenvalue weighted by Gasteiger charge is -2.11. The summed E-state index contributed by atoms with van der Waals surface area (Å²) < 4.78 is 51.5. The summed E-state index contributed by atoms with van der Waals surface area (Å²) in [5, 5.41) is 1.21. The highest BCUT2D eigenvalue weighted by molar-refractivity contribution is 6.31. The Morgan fingerprint density at radius 2 is 1.91 bits per heavy atom. The van der Waals surface area contributed by atoms with E-state index in [9.17, 15) is 22.4 Å². The van der Waals surface area contributed by atoms with Crippen molar-refractivity contribution in [3.63, 3.8) is 0 Å². The van der Waals surface area contributed by atoms with Crippen molar-refractivity contribution in [2.45, 2.75) is 6.18 Å². The van der Waals surface area contributed by atoms with Crippen molar-refractivity contribution in [3.05, 3.63) is 51.8 Å². The van der Waals surface area contributed by atoms with Crippen molar-refractivity contribution in [2.75, 3.05) is 5.32 Å². The number of benzene rings is 1. The number of nitrogens with zero attached hydrogens (tertiary/aromatic N) is 2. The second-order valence-corrected chi connectivity index (χ2v) is 4.73. The van der Waals surface area contributed by atoms with Crippen LogP contribution in [0.25, 0.3) is 0 Å². The lowest BCUT2D eigenvalue weighted by Crippen LogP contribution is -2.21. The fourth-order valence-electron chi connectivity index (χ4n) is 1.51. The van der Waals surface area contributed by atoms with Gasteiger partial charge >= 0.3 is 6.18 Å². The number of aromatic nitrogens is 2. The average molecular weight is 354 g/mol. The van der Waals surface area contributed by atoms with E-state index < -0.39 is 34.4 Å². The standard InChI is InChI=1S/C12H5Cl2F4N3O/c13-7-3-5(1-2-8(7)15)20-10(22)6-4-19-11(14)21-9(6)12(16,17)18/h1-4H,(H,20,22). The molecule has 0 bridgehead atoms. The van der Waals surface area contributed by atoms with Crippen LogP contribution in [0.4, 0.5) is 23.2 Å². The van der Waals surface area contributed by atoms with E-state index in [0.29, 0.717) is 6.20 Å².